The summed E-state index contributed by atoms with van der Waals surface area (Å²) in [6.45, 7) is 1.48. The van der Waals surface area contributed by atoms with Gasteiger partial charge in [0.15, 0.2) is 0 Å². The van der Waals surface area contributed by atoms with Crippen LogP contribution in [-0.4, -0.2) is 49.9 Å². The number of amides is 1. The fraction of sp³-hybridized carbons (Fsp3) is 0.371. The van der Waals surface area contributed by atoms with E-state index in [1.807, 2.05) is 50.5 Å². The molecule has 0 radical (unpaired) electrons. The topological polar surface area (TPSA) is 58.6 Å². The summed E-state index contributed by atoms with van der Waals surface area (Å²) in [6.07, 6.45) is 6.91. The quantitative estimate of drug-likeness (QED) is 0.193. The van der Waals surface area contributed by atoms with Crippen molar-refractivity contribution in [3.8, 4) is 5.75 Å². The number of ether oxygens (including phenoxy) is 1. The first-order chi connectivity index (χ1) is 19.5. The lowest BCUT2D eigenvalue weighted by Gasteiger charge is -2.22. The average molecular weight is 539 g/mol. The van der Waals surface area contributed by atoms with Gasteiger partial charge >= 0.3 is 0 Å². The van der Waals surface area contributed by atoms with E-state index in [9.17, 15) is 9.59 Å². The van der Waals surface area contributed by atoms with E-state index in [1.165, 1.54) is 6.42 Å². The number of allylic oxidation sites excluding steroid dienone is 1. The van der Waals surface area contributed by atoms with Crippen LogP contribution in [0, 0.1) is 0 Å². The minimum Gasteiger partial charge on any atom is -0.492 e. The maximum absolute atomic E-state index is 12.8. The van der Waals surface area contributed by atoms with E-state index >= 15 is 0 Å². The Balaban J connectivity index is 1.57. The lowest BCUT2D eigenvalue weighted by atomic mass is 9.86. The van der Waals surface area contributed by atoms with E-state index in [1.54, 1.807) is 0 Å². The van der Waals surface area contributed by atoms with Crippen LogP contribution < -0.4 is 10.1 Å². The highest BCUT2D eigenvalue weighted by atomic mass is 16.5. The Labute approximate surface area is 239 Å². The minimum absolute atomic E-state index is 0.143. The molecule has 0 unspecified atom stereocenters. The van der Waals surface area contributed by atoms with Crippen LogP contribution in [0.2, 0.25) is 0 Å². The van der Waals surface area contributed by atoms with Gasteiger partial charge in [0.1, 0.15) is 12.4 Å². The summed E-state index contributed by atoms with van der Waals surface area (Å²) in [5.41, 5.74) is 5.61. The Morgan fingerprint density at radius 2 is 1.38 bits per heavy atom. The molecule has 3 aromatic rings. The summed E-state index contributed by atoms with van der Waals surface area (Å²) in [5.74, 6) is 0.0950. The standard InChI is InChI=1S/C35H42N2O3/c1-37(2)25-26-40-31-23-21-29(22-24-31)34(28-15-8-4-9-16-28)32(27-13-6-3-7-14-27)19-12-20-33(38)35(39)36-30-17-10-5-11-18-30/h3-4,6-9,13-16,21-24,30H,5,10-12,17-20,25-26H2,1-2H3,(H,36,39)/b34-32-. The van der Waals surface area contributed by atoms with E-state index in [4.69, 9.17) is 4.74 Å². The first kappa shape index (κ1) is 29.3. The van der Waals surface area contributed by atoms with Gasteiger partial charge in [0.2, 0.25) is 5.78 Å². The predicted octanol–water partition coefficient (Wildman–Crippen LogP) is 6.77. The molecule has 0 atom stereocenters. The molecule has 1 fully saturated rings. The molecule has 0 heterocycles. The van der Waals surface area contributed by atoms with Crippen LogP contribution in [0.3, 0.4) is 0 Å². The van der Waals surface area contributed by atoms with Crippen molar-refractivity contribution in [3.63, 3.8) is 0 Å². The number of nitrogens with zero attached hydrogens (tertiary/aromatic N) is 1. The van der Waals surface area contributed by atoms with E-state index in [2.05, 4.69) is 58.7 Å². The van der Waals surface area contributed by atoms with Crippen LogP contribution in [0.4, 0.5) is 0 Å². The van der Waals surface area contributed by atoms with Crippen LogP contribution in [0.25, 0.3) is 11.1 Å². The Kier molecular flexibility index (Phi) is 11.1. The summed E-state index contributed by atoms with van der Waals surface area (Å²) in [5, 5.41) is 2.97. The highest BCUT2D eigenvalue weighted by Gasteiger charge is 2.21. The molecular formula is C35H42N2O3. The zero-order valence-corrected chi connectivity index (χ0v) is 23.9. The van der Waals surface area contributed by atoms with Crippen molar-refractivity contribution in [1.82, 2.24) is 10.2 Å². The lowest BCUT2D eigenvalue weighted by molar-refractivity contribution is -0.138. The molecular weight excluding hydrogens is 496 g/mol. The molecule has 0 bridgehead atoms. The largest absolute Gasteiger partial charge is 0.492 e. The van der Waals surface area contributed by atoms with Crippen molar-refractivity contribution in [2.24, 2.45) is 0 Å². The summed E-state index contributed by atoms with van der Waals surface area (Å²) < 4.78 is 5.94. The molecule has 210 valence electrons. The first-order valence-corrected chi connectivity index (χ1v) is 14.6. The summed E-state index contributed by atoms with van der Waals surface area (Å²) >= 11 is 0. The molecule has 0 aromatic heterocycles. The van der Waals surface area contributed by atoms with Crippen molar-refractivity contribution >= 4 is 22.8 Å². The van der Waals surface area contributed by atoms with Gasteiger partial charge in [-0.2, -0.15) is 0 Å². The Morgan fingerprint density at radius 1 is 0.775 bits per heavy atom. The predicted molar refractivity (Wildman–Crippen MR) is 163 cm³/mol. The summed E-state index contributed by atoms with van der Waals surface area (Å²) in [7, 11) is 4.07. The van der Waals surface area contributed by atoms with E-state index in [-0.39, 0.29) is 18.2 Å². The van der Waals surface area contributed by atoms with E-state index < -0.39 is 5.91 Å². The normalized spacial score (nSPS) is 14.5. The Bertz CT molecular complexity index is 1240. The number of ketones is 1. The van der Waals surface area contributed by atoms with Gasteiger partial charge in [-0.05, 0) is 79.7 Å². The number of benzene rings is 3. The molecule has 1 aliphatic carbocycles. The fourth-order valence-corrected chi connectivity index (χ4v) is 5.29. The zero-order valence-electron chi connectivity index (χ0n) is 23.9. The third-order valence-electron chi connectivity index (χ3n) is 7.46. The van der Waals surface area contributed by atoms with Crippen LogP contribution in [-0.2, 0) is 9.59 Å². The average Bonchev–Trinajstić information content (AvgIpc) is 2.98. The van der Waals surface area contributed by atoms with Gasteiger partial charge in [-0.3, -0.25) is 9.59 Å². The zero-order chi connectivity index (χ0) is 28.2. The van der Waals surface area contributed by atoms with Crippen molar-refractivity contribution in [2.45, 2.75) is 57.4 Å². The van der Waals surface area contributed by atoms with Gasteiger partial charge in [0, 0.05) is 19.0 Å². The lowest BCUT2D eigenvalue weighted by Crippen LogP contribution is -2.40. The fourth-order valence-electron chi connectivity index (χ4n) is 5.29. The number of rotatable bonds is 13. The van der Waals surface area contributed by atoms with Crippen molar-refractivity contribution in [1.29, 1.82) is 0 Å². The number of hydrogen-bond donors (Lipinski definition) is 1. The molecule has 40 heavy (non-hydrogen) atoms. The van der Waals surface area contributed by atoms with Gasteiger partial charge < -0.3 is 15.0 Å². The number of Topliss-reactive ketones (excluding diaryl/α,β-unsaturated/α-hetero) is 1. The maximum Gasteiger partial charge on any atom is 0.287 e. The molecule has 1 aliphatic rings. The number of carbonyl (C=O) groups is 2. The van der Waals surface area contributed by atoms with Gasteiger partial charge in [-0.25, -0.2) is 0 Å². The number of hydrogen-bond acceptors (Lipinski definition) is 4. The molecule has 5 heteroatoms. The first-order valence-electron chi connectivity index (χ1n) is 14.6. The molecule has 0 spiro atoms. The third kappa shape index (κ3) is 8.65. The van der Waals surface area contributed by atoms with Crippen LogP contribution in [0.5, 0.6) is 5.75 Å². The third-order valence-corrected chi connectivity index (χ3v) is 7.46. The molecule has 1 saturated carbocycles. The number of likely N-dealkylation sites (N-methyl/N-ethyl adjacent to an activating group) is 1. The van der Waals surface area contributed by atoms with Gasteiger partial charge in [0.05, 0.1) is 0 Å². The van der Waals surface area contributed by atoms with E-state index in [0.717, 1.165) is 65.8 Å². The second-order valence-corrected chi connectivity index (χ2v) is 10.8. The maximum atomic E-state index is 12.8. The summed E-state index contributed by atoms with van der Waals surface area (Å²) in [4.78, 5) is 27.5. The van der Waals surface area contributed by atoms with Crippen molar-refractivity contribution in [2.75, 3.05) is 27.2 Å². The number of carbonyl (C=O) groups excluding carboxylic acids is 2. The highest BCUT2D eigenvalue weighted by molar-refractivity contribution is 6.36. The molecule has 1 N–H and O–H groups in total. The van der Waals surface area contributed by atoms with Crippen LogP contribution in [0.1, 0.15) is 68.1 Å². The van der Waals surface area contributed by atoms with Crippen molar-refractivity contribution in [3.05, 3.63) is 102 Å². The SMILES string of the molecule is CN(C)CCOc1ccc(/C(=C(/CCCC(=O)C(=O)NC2CCCCC2)c2ccccc2)c2ccccc2)cc1. The highest BCUT2D eigenvalue weighted by Crippen LogP contribution is 2.36. The second-order valence-electron chi connectivity index (χ2n) is 10.8. The van der Waals surface area contributed by atoms with Crippen LogP contribution in [0.15, 0.2) is 84.9 Å². The molecule has 5 nitrogen and oxygen atoms in total. The monoisotopic (exact) mass is 538 g/mol. The van der Waals surface area contributed by atoms with Crippen molar-refractivity contribution < 1.29 is 14.3 Å². The Morgan fingerprint density at radius 3 is 2.00 bits per heavy atom. The molecule has 4 rings (SSSR count). The van der Waals surface area contributed by atoms with Gasteiger partial charge in [0.25, 0.3) is 5.91 Å². The molecule has 0 saturated heterocycles. The number of nitrogens with one attached hydrogen (secondary N) is 1. The van der Waals surface area contributed by atoms with E-state index in [0.29, 0.717) is 19.4 Å². The molecule has 1 amide bonds. The Hall–Kier alpha value is -3.70. The summed E-state index contributed by atoms with van der Waals surface area (Å²) in [6, 6.07) is 29.1. The van der Waals surface area contributed by atoms with Crippen LogP contribution >= 0.6 is 0 Å². The molecule has 0 aliphatic heterocycles. The minimum atomic E-state index is -0.426. The second kappa shape index (κ2) is 15.2. The van der Waals surface area contributed by atoms with Gasteiger partial charge in [-0.15, -0.1) is 0 Å². The smallest absolute Gasteiger partial charge is 0.287 e. The molecule has 3 aromatic carbocycles. The van der Waals surface area contributed by atoms with Gasteiger partial charge in [-0.1, -0.05) is 92.1 Å².